The van der Waals surface area contributed by atoms with E-state index >= 15 is 0 Å². The molecule has 0 amide bonds. The van der Waals surface area contributed by atoms with Crippen LogP contribution in [0.2, 0.25) is 0 Å². The molecule has 0 bridgehead atoms. The lowest BCUT2D eigenvalue weighted by molar-refractivity contribution is -0.131. The van der Waals surface area contributed by atoms with Gasteiger partial charge >= 0.3 is 6.18 Å². The maximum atomic E-state index is 11.9. The number of nitrogens with one attached hydrogen (secondary N) is 1. The number of alkyl halides is 3. The Kier molecular flexibility index (Phi) is 4.46. The Morgan fingerprint density at radius 3 is 2.56 bits per heavy atom. The van der Waals surface area contributed by atoms with Gasteiger partial charge in [-0.25, -0.2) is 0 Å². The van der Waals surface area contributed by atoms with E-state index in [-0.39, 0.29) is 6.54 Å². The second-order valence-electron chi connectivity index (χ2n) is 3.14. The van der Waals surface area contributed by atoms with Crippen LogP contribution in [0, 0.1) is 0 Å². The Morgan fingerprint density at radius 1 is 1.38 bits per heavy atom. The highest BCUT2D eigenvalue weighted by Crippen LogP contribution is 2.28. The monoisotopic (exact) mass is 297 g/mol. The van der Waals surface area contributed by atoms with Crippen LogP contribution in [0.3, 0.4) is 0 Å². The van der Waals surface area contributed by atoms with Crippen LogP contribution in [0.25, 0.3) is 0 Å². The summed E-state index contributed by atoms with van der Waals surface area (Å²) in [6, 6.07) is 5.02. The van der Waals surface area contributed by atoms with Crippen molar-refractivity contribution in [3.05, 3.63) is 22.7 Å². The Bertz CT molecular complexity index is 354. The largest absolute Gasteiger partial charge is 0.496 e. The van der Waals surface area contributed by atoms with Crippen molar-refractivity contribution in [1.82, 2.24) is 0 Å². The third-order valence-corrected chi connectivity index (χ3v) is 2.51. The molecular formula is C10H11BrF3NO. The van der Waals surface area contributed by atoms with Crippen LogP contribution >= 0.6 is 15.9 Å². The second-order valence-corrected chi connectivity index (χ2v) is 4.00. The number of hydrogen-bond donors (Lipinski definition) is 1. The fourth-order valence-corrected chi connectivity index (χ4v) is 1.67. The van der Waals surface area contributed by atoms with Crippen LogP contribution in [0.1, 0.15) is 6.42 Å². The molecule has 1 aromatic rings. The van der Waals surface area contributed by atoms with E-state index in [1.165, 1.54) is 7.11 Å². The zero-order valence-electron chi connectivity index (χ0n) is 8.57. The van der Waals surface area contributed by atoms with Gasteiger partial charge in [-0.1, -0.05) is 0 Å². The third kappa shape index (κ3) is 4.30. The molecule has 0 atom stereocenters. The molecule has 0 aliphatic carbocycles. The molecule has 0 aromatic heterocycles. The molecular weight excluding hydrogens is 287 g/mol. The van der Waals surface area contributed by atoms with Gasteiger partial charge in [0.15, 0.2) is 0 Å². The van der Waals surface area contributed by atoms with Crippen molar-refractivity contribution in [2.24, 2.45) is 0 Å². The molecule has 0 aliphatic heterocycles. The quantitative estimate of drug-likeness (QED) is 0.912. The highest BCUT2D eigenvalue weighted by atomic mass is 79.9. The Labute approximate surface area is 99.9 Å². The molecule has 6 heteroatoms. The minimum absolute atomic E-state index is 0.137. The molecule has 0 unspecified atom stereocenters. The molecule has 0 spiro atoms. The molecule has 0 fully saturated rings. The van der Waals surface area contributed by atoms with Crippen molar-refractivity contribution in [2.75, 3.05) is 19.0 Å². The fraction of sp³-hybridized carbons (Fsp3) is 0.400. The number of methoxy groups -OCH3 is 1. The SMILES string of the molecule is COc1ccc(NCCC(F)(F)F)cc1Br. The van der Waals surface area contributed by atoms with E-state index in [2.05, 4.69) is 21.2 Å². The summed E-state index contributed by atoms with van der Waals surface area (Å²) >= 11 is 3.25. The summed E-state index contributed by atoms with van der Waals surface area (Å²) in [7, 11) is 1.52. The zero-order chi connectivity index (χ0) is 12.2. The van der Waals surface area contributed by atoms with Crippen LogP contribution in [0.4, 0.5) is 18.9 Å². The van der Waals surface area contributed by atoms with Gasteiger partial charge in [-0.15, -0.1) is 0 Å². The van der Waals surface area contributed by atoms with Gasteiger partial charge in [0.1, 0.15) is 5.75 Å². The lowest BCUT2D eigenvalue weighted by Crippen LogP contribution is -2.14. The van der Waals surface area contributed by atoms with Gasteiger partial charge in [-0.3, -0.25) is 0 Å². The first-order valence-electron chi connectivity index (χ1n) is 4.56. The summed E-state index contributed by atoms with van der Waals surface area (Å²) in [6.07, 6.45) is -4.98. The van der Waals surface area contributed by atoms with E-state index in [1.807, 2.05) is 0 Å². The molecule has 0 saturated carbocycles. The topological polar surface area (TPSA) is 21.3 Å². The molecule has 16 heavy (non-hydrogen) atoms. The standard InChI is InChI=1S/C10H11BrF3NO/c1-16-9-3-2-7(6-8(9)11)15-5-4-10(12,13)14/h2-3,6,15H,4-5H2,1H3. The predicted octanol–water partition coefficient (Wildman–Crippen LogP) is 3.82. The van der Waals surface area contributed by atoms with Crippen molar-refractivity contribution in [3.8, 4) is 5.75 Å². The van der Waals surface area contributed by atoms with Crippen molar-refractivity contribution in [2.45, 2.75) is 12.6 Å². The summed E-state index contributed by atoms with van der Waals surface area (Å²) in [6.45, 7) is -0.137. The smallest absolute Gasteiger partial charge is 0.390 e. The number of benzene rings is 1. The highest BCUT2D eigenvalue weighted by molar-refractivity contribution is 9.10. The van der Waals surface area contributed by atoms with Crippen LogP contribution in [0.5, 0.6) is 5.75 Å². The van der Waals surface area contributed by atoms with E-state index in [0.29, 0.717) is 15.9 Å². The lowest BCUT2D eigenvalue weighted by Gasteiger charge is -2.10. The normalized spacial score (nSPS) is 11.3. The van der Waals surface area contributed by atoms with E-state index in [1.54, 1.807) is 18.2 Å². The van der Waals surface area contributed by atoms with Gasteiger partial charge in [-0.2, -0.15) is 13.2 Å². The average Bonchev–Trinajstić information content (AvgIpc) is 2.16. The van der Waals surface area contributed by atoms with Crippen LogP contribution in [-0.4, -0.2) is 19.8 Å². The van der Waals surface area contributed by atoms with Gasteiger partial charge in [-0.05, 0) is 34.1 Å². The van der Waals surface area contributed by atoms with Crippen molar-refractivity contribution >= 4 is 21.6 Å². The Balaban J connectivity index is 2.52. The van der Waals surface area contributed by atoms with E-state index in [4.69, 9.17) is 4.74 Å². The molecule has 1 aromatic carbocycles. The number of ether oxygens (including phenoxy) is 1. The summed E-state index contributed by atoms with van der Waals surface area (Å²) in [5.41, 5.74) is 0.622. The fourth-order valence-electron chi connectivity index (χ4n) is 1.12. The summed E-state index contributed by atoms with van der Waals surface area (Å²) in [5.74, 6) is 0.640. The van der Waals surface area contributed by atoms with Crippen LogP contribution in [0.15, 0.2) is 22.7 Å². The van der Waals surface area contributed by atoms with Crippen LogP contribution < -0.4 is 10.1 Å². The average molecular weight is 298 g/mol. The number of rotatable bonds is 4. The first-order valence-corrected chi connectivity index (χ1v) is 5.36. The summed E-state index contributed by atoms with van der Waals surface area (Å²) < 4.78 is 41.4. The van der Waals surface area contributed by atoms with E-state index < -0.39 is 12.6 Å². The number of hydrogen-bond acceptors (Lipinski definition) is 2. The molecule has 0 aliphatic rings. The first kappa shape index (κ1) is 13.2. The number of anilines is 1. The van der Waals surface area contributed by atoms with Gasteiger partial charge in [0.05, 0.1) is 18.0 Å². The molecule has 0 saturated heterocycles. The van der Waals surface area contributed by atoms with Gasteiger partial charge in [0.25, 0.3) is 0 Å². The zero-order valence-corrected chi connectivity index (χ0v) is 10.2. The summed E-state index contributed by atoms with van der Waals surface area (Å²) in [4.78, 5) is 0. The third-order valence-electron chi connectivity index (χ3n) is 1.89. The minimum Gasteiger partial charge on any atom is -0.496 e. The molecule has 0 heterocycles. The lowest BCUT2D eigenvalue weighted by atomic mass is 10.3. The molecule has 90 valence electrons. The van der Waals surface area contributed by atoms with Gasteiger partial charge in [0, 0.05) is 12.2 Å². The highest BCUT2D eigenvalue weighted by Gasteiger charge is 2.26. The molecule has 2 nitrogen and oxygen atoms in total. The van der Waals surface area contributed by atoms with E-state index in [9.17, 15) is 13.2 Å². The maximum Gasteiger partial charge on any atom is 0.390 e. The molecule has 1 rings (SSSR count). The minimum atomic E-state index is -4.13. The maximum absolute atomic E-state index is 11.9. The van der Waals surface area contributed by atoms with Crippen molar-refractivity contribution < 1.29 is 17.9 Å². The number of halogens is 4. The Hall–Kier alpha value is -0.910. The summed E-state index contributed by atoms with van der Waals surface area (Å²) in [5, 5.41) is 2.69. The van der Waals surface area contributed by atoms with Gasteiger partial charge < -0.3 is 10.1 Å². The van der Waals surface area contributed by atoms with Crippen molar-refractivity contribution in [1.29, 1.82) is 0 Å². The van der Waals surface area contributed by atoms with E-state index in [0.717, 1.165) is 0 Å². The van der Waals surface area contributed by atoms with Crippen LogP contribution in [-0.2, 0) is 0 Å². The second kappa shape index (κ2) is 5.43. The molecule has 0 radical (unpaired) electrons. The Morgan fingerprint density at radius 2 is 2.06 bits per heavy atom. The molecule has 1 N–H and O–H groups in total. The van der Waals surface area contributed by atoms with Crippen molar-refractivity contribution in [3.63, 3.8) is 0 Å². The predicted molar refractivity (Wildman–Crippen MR) is 59.9 cm³/mol. The first-order chi connectivity index (χ1) is 7.42. The van der Waals surface area contributed by atoms with Gasteiger partial charge in [0.2, 0.25) is 0 Å².